The molecule has 2 saturated carbocycles. The van der Waals surface area contributed by atoms with Crippen molar-refractivity contribution in [3.05, 3.63) is 41.7 Å². The van der Waals surface area contributed by atoms with Crippen LogP contribution >= 0.6 is 0 Å². The van der Waals surface area contributed by atoms with Crippen molar-refractivity contribution in [2.45, 2.75) is 37.5 Å². The zero-order valence-electron chi connectivity index (χ0n) is 11.3. The Bertz CT molecular complexity index is 589. The van der Waals surface area contributed by atoms with Crippen LogP contribution in [0.2, 0.25) is 0 Å². The molecule has 1 aromatic carbocycles. The number of anilines is 1. The molecule has 0 saturated heterocycles. The molecule has 2 fully saturated rings. The lowest BCUT2D eigenvalue weighted by atomic mass is 10.2. The third-order valence-corrected chi connectivity index (χ3v) is 4.15. The molecule has 0 aliphatic heterocycles. The predicted molar refractivity (Wildman–Crippen MR) is 77.1 cm³/mol. The van der Waals surface area contributed by atoms with Crippen LogP contribution in [0.4, 0.5) is 5.69 Å². The van der Waals surface area contributed by atoms with Gasteiger partial charge in [-0.05, 0) is 56.0 Å². The van der Waals surface area contributed by atoms with Crippen molar-refractivity contribution in [1.29, 1.82) is 0 Å². The van der Waals surface area contributed by atoms with Gasteiger partial charge in [0.15, 0.2) is 0 Å². The summed E-state index contributed by atoms with van der Waals surface area (Å²) < 4.78 is 2.17. The lowest BCUT2D eigenvalue weighted by molar-refractivity contribution is 0.787. The Labute approximate surface area is 113 Å². The Morgan fingerprint density at radius 1 is 1.05 bits per heavy atom. The van der Waals surface area contributed by atoms with Gasteiger partial charge in [-0.15, -0.1) is 0 Å². The van der Waals surface area contributed by atoms with Gasteiger partial charge in [-0.25, -0.2) is 4.68 Å². The zero-order chi connectivity index (χ0) is 12.8. The Kier molecular flexibility index (Phi) is 2.40. The largest absolute Gasteiger partial charge is 0.388 e. The molecule has 19 heavy (non-hydrogen) atoms. The van der Waals surface area contributed by atoms with E-state index < -0.39 is 0 Å². The smallest absolute Gasteiger partial charge is 0.0662 e. The van der Waals surface area contributed by atoms with Crippen molar-refractivity contribution in [3.63, 3.8) is 0 Å². The molecule has 0 radical (unpaired) electrons. The molecule has 0 amide bonds. The Morgan fingerprint density at radius 3 is 2.32 bits per heavy atom. The molecule has 2 aliphatic carbocycles. The SMILES string of the molecule is CNc1ccc(-n2nc(C3CC3)cc2C2CC2)cc1. The van der Waals surface area contributed by atoms with Gasteiger partial charge in [0.05, 0.1) is 11.4 Å². The van der Waals surface area contributed by atoms with Crippen LogP contribution in [-0.2, 0) is 0 Å². The maximum absolute atomic E-state index is 4.86. The molecule has 0 spiro atoms. The number of rotatable bonds is 4. The summed E-state index contributed by atoms with van der Waals surface area (Å²) in [6.45, 7) is 0. The molecule has 3 heteroatoms. The number of aromatic nitrogens is 2. The van der Waals surface area contributed by atoms with Crippen LogP contribution in [0, 0.1) is 0 Å². The van der Waals surface area contributed by atoms with Crippen molar-refractivity contribution >= 4 is 5.69 Å². The molecule has 2 aliphatic rings. The summed E-state index contributed by atoms with van der Waals surface area (Å²) in [5.74, 6) is 1.47. The van der Waals surface area contributed by atoms with E-state index in [1.807, 2.05) is 7.05 Å². The maximum atomic E-state index is 4.86. The van der Waals surface area contributed by atoms with E-state index in [1.54, 1.807) is 0 Å². The first-order valence-corrected chi connectivity index (χ1v) is 7.23. The van der Waals surface area contributed by atoms with Crippen LogP contribution < -0.4 is 5.32 Å². The number of nitrogens with zero attached hydrogens (tertiary/aromatic N) is 2. The van der Waals surface area contributed by atoms with Crippen LogP contribution in [-0.4, -0.2) is 16.8 Å². The van der Waals surface area contributed by atoms with Gasteiger partial charge in [0.2, 0.25) is 0 Å². The summed E-state index contributed by atoms with van der Waals surface area (Å²) in [5.41, 5.74) is 5.05. The molecular formula is C16H19N3. The van der Waals surface area contributed by atoms with E-state index in [0.717, 1.165) is 17.5 Å². The Morgan fingerprint density at radius 2 is 1.74 bits per heavy atom. The molecule has 4 rings (SSSR count). The molecule has 2 aromatic rings. The van der Waals surface area contributed by atoms with Crippen molar-refractivity contribution in [2.75, 3.05) is 12.4 Å². The van der Waals surface area contributed by atoms with Crippen molar-refractivity contribution in [3.8, 4) is 5.69 Å². The van der Waals surface area contributed by atoms with Crippen molar-refractivity contribution in [2.24, 2.45) is 0 Å². The Hall–Kier alpha value is -1.77. The summed E-state index contributed by atoms with van der Waals surface area (Å²) >= 11 is 0. The van der Waals surface area contributed by atoms with Gasteiger partial charge in [-0.1, -0.05) is 0 Å². The summed E-state index contributed by atoms with van der Waals surface area (Å²) in [5, 5.41) is 8.01. The molecule has 98 valence electrons. The highest BCUT2D eigenvalue weighted by Gasteiger charge is 2.32. The second kappa shape index (κ2) is 4.12. The minimum Gasteiger partial charge on any atom is -0.388 e. The van der Waals surface area contributed by atoms with Crippen molar-refractivity contribution in [1.82, 2.24) is 9.78 Å². The lowest BCUT2D eigenvalue weighted by Gasteiger charge is -2.07. The average molecular weight is 253 g/mol. The first-order chi connectivity index (χ1) is 9.35. The maximum Gasteiger partial charge on any atom is 0.0662 e. The summed E-state index contributed by atoms with van der Waals surface area (Å²) in [6, 6.07) is 10.9. The molecule has 3 nitrogen and oxygen atoms in total. The van der Waals surface area contributed by atoms with Crippen LogP contribution in [0.15, 0.2) is 30.3 Å². The van der Waals surface area contributed by atoms with Crippen molar-refractivity contribution < 1.29 is 0 Å². The van der Waals surface area contributed by atoms with Gasteiger partial charge in [0, 0.05) is 30.3 Å². The van der Waals surface area contributed by atoms with Crippen LogP contribution in [0.25, 0.3) is 5.69 Å². The van der Waals surface area contributed by atoms with Gasteiger partial charge in [0.1, 0.15) is 0 Å². The van der Waals surface area contributed by atoms with Gasteiger partial charge in [0.25, 0.3) is 0 Å². The number of benzene rings is 1. The topological polar surface area (TPSA) is 29.9 Å². The summed E-state index contributed by atoms with van der Waals surface area (Å²) in [7, 11) is 1.95. The van der Waals surface area contributed by atoms with E-state index in [-0.39, 0.29) is 0 Å². The molecule has 1 N–H and O–H groups in total. The summed E-state index contributed by atoms with van der Waals surface area (Å²) in [6.07, 6.45) is 5.29. The predicted octanol–water partition coefficient (Wildman–Crippen LogP) is 3.67. The molecule has 1 heterocycles. The highest BCUT2D eigenvalue weighted by Crippen LogP contribution is 2.45. The fourth-order valence-corrected chi connectivity index (χ4v) is 2.64. The van der Waals surface area contributed by atoms with E-state index in [1.165, 1.54) is 42.8 Å². The second-order valence-electron chi connectivity index (χ2n) is 5.75. The van der Waals surface area contributed by atoms with Gasteiger partial charge >= 0.3 is 0 Å². The van der Waals surface area contributed by atoms with E-state index in [0.29, 0.717) is 0 Å². The molecular weight excluding hydrogens is 234 g/mol. The first kappa shape index (κ1) is 11.1. The molecule has 0 unspecified atom stereocenters. The fourth-order valence-electron chi connectivity index (χ4n) is 2.64. The van der Waals surface area contributed by atoms with Crippen LogP contribution in [0.5, 0.6) is 0 Å². The monoisotopic (exact) mass is 253 g/mol. The number of hydrogen-bond acceptors (Lipinski definition) is 2. The molecule has 0 bridgehead atoms. The van der Waals surface area contributed by atoms with Gasteiger partial charge in [-0.3, -0.25) is 0 Å². The van der Waals surface area contributed by atoms with Gasteiger partial charge in [-0.2, -0.15) is 5.10 Å². The van der Waals surface area contributed by atoms with E-state index in [2.05, 4.69) is 40.3 Å². The van der Waals surface area contributed by atoms with Crippen LogP contribution in [0.3, 0.4) is 0 Å². The number of nitrogens with one attached hydrogen (secondary N) is 1. The Balaban J connectivity index is 1.74. The first-order valence-electron chi connectivity index (χ1n) is 7.23. The highest BCUT2D eigenvalue weighted by atomic mass is 15.3. The molecule has 0 atom stereocenters. The third-order valence-electron chi connectivity index (χ3n) is 4.15. The third kappa shape index (κ3) is 2.03. The van der Waals surface area contributed by atoms with E-state index >= 15 is 0 Å². The fraction of sp³-hybridized carbons (Fsp3) is 0.438. The zero-order valence-corrected chi connectivity index (χ0v) is 11.3. The molecule has 1 aromatic heterocycles. The normalized spacial score (nSPS) is 18.6. The average Bonchev–Trinajstić information content (AvgIpc) is 3.37. The number of hydrogen-bond donors (Lipinski definition) is 1. The minimum absolute atomic E-state index is 0.732. The minimum atomic E-state index is 0.732. The summed E-state index contributed by atoms with van der Waals surface area (Å²) in [4.78, 5) is 0. The highest BCUT2D eigenvalue weighted by molar-refractivity contribution is 5.49. The quantitative estimate of drug-likeness (QED) is 0.901. The van der Waals surface area contributed by atoms with Crippen LogP contribution in [0.1, 0.15) is 48.9 Å². The van der Waals surface area contributed by atoms with E-state index in [4.69, 9.17) is 5.10 Å². The van der Waals surface area contributed by atoms with E-state index in [9.17, 15) is 0 Å². The van der Waals surface area contributed by atoms with Gasteiger partial charge < -0.3 is 5.32 Å². The second-order valence-corrected chi connectivity index (χ2v) is 5.75. The lowest BCUT2D eigenvalue weighted by Crippen LogP contribution is -2.01. The standard InChI is InChI=1S/C16H19N3/c1-17-13-6-8-14(9-7-13)19-16(12-4-5-12)10-15(18-19)11-2-3-11/h6-12,17H,2-5H2,1H3.